The van der Waals surface area contributed by atoms with Crippen LogP contribution in [0.15, 0.2) is 36.5 Å². The Bertz CT molecular complexity index is 736. The summed E-state index contributed by atoms with van der Waals surface area (Å²) in [5, 5.41) is 8.52. The van der Waals surface area contributed by atoms with Gasteiger partial charge in [-0.15, -0.1) is 0 Å². The lowest BCUT2D eigenvalue weighted by Crippen LogP contribution is -2.16. The topological polar surface area (TPSA) is 102 Å². The number of carbonyl (C=O) groups is 3. The van der Waals surface area contributed by atoms with Crippen molar-refractivity contribution in [2.45, 2.75) is 20.3 Å². The standard InChI is InChI=1S/C16H14FNO4.CH5N.CH4/c1-18-9-11(14(19)8-15(20)16(21)22)7-13(18)6-10-2-4-12(17)5-3-10;1-2;/h2-5,7,9H,6,8H2,1H3,(H,21,22);2H2,1H3;1H4. The zero-order valence-corrected chi connectivity index (χ0v) is 13.5. The maximum atomic E-state index is 12.9. The molecular formula is C18H23FN2O4. The van der Waals surface area contributed by atoms with Crippen LogP contribution in [-0.4, -0.2) is 34.3 Å². The first kappa shape index (κ1) is 22.2. The van der Waals surface area contributed by atoms with Crippen molar-refractivity contribution in [1.29, 1.82) is 0 Å². The van der Waals surface area contributed by atoms with Crippen molar-refractivity contribution in [3.05, 3.63) is 59.2 Å². The Morgan fingerprint density at radius 1 is 1.16 bits per heavy atom. The van der Waals surface area contributed by atoms with Gasteiger partial charge in [-0.25, -0.2) is 9.18 Å². The third-order valence-corrected chi connectivity index (χ3v) is 3.29. The Kier molecular flexibility index (Phi) is 9.01. The number of carbonyl (C=O) groups excluding carboxylic acids is 2. The van der Waals surface area contributed by atoms with Gasteiger partial charge in [0.25, 0.3) is 0 Å². The first-order valence-corrected chi connectivity index (χ1v) is 7.13. The van der Waals surface area contributed by atoms with Crippen LogP contribution in [-0.2, 0) is 23.1 Å². The van der Waals surface area contributed by atoms with Crippen LogP contribution < -0.4 is 5.73 Å². The molecule has 0 unspecified atom stereocenters. The lowest BCUT2D eigenvalue weighted by atomic mass is 10.1. The highest BCUT2D eigenvalue weighted by atomic mass is 19.1. The molecule has 1 aromatic heterocycles. The average molecular weight is 350 g/mol. The summed E-state index contributed by atoms with van der Waals surface area (Å²) in [5.74, 6) is -3.60. The first-order chi connectivity index (χ1) is 11.4. The fraction of sp³-hybridized carbons (Fsp3) is 0.278. The second kappa shape index (κ2) is 10.1. The van der Waals surface area contributed by atoms with Crippen molar-refractivity contribution < 1.29 is 23.9 Å². The van der Waals surface area contributed by atoms with Gasteiger partial charge in [0.1, 0.15) is 5.82 Å². The Morgan fingerprint density at radius 2 is 1.72 bits per heavy atom. The van der Waals surface area contributed by atoms with Crippen LogP contribution >= 0.6 is 0 Å². The Labute approximate surface area is 146 Å². The van der Waals surface area contributed by atoms with Gasteiger partial charge in [0.2, 0.25) is 5.78 Å². The minimum absolute atomic E-state index is 0. The van der Waals surface area contributed by atoms with E-state index in [1.807, 2.05) is 0 Å². The number of nitrogens with zero attached hydrogens (tertiary/aromatic N) is 1. The fourth-order valence-corrected chi connectivity index (χ4v) is 2.07. The summed E-state index contributed by atoms with van der Waals surface area (Å²) in [6.07, 6.45) is 1.39. The molecule has 1 aromatic carbocycles. The quantitative estimate of drug-likeness (QED) is 0.472. The van der Waals surface area contributed by atoms with Gasteiger partial charge in [0, 0.05) is 30.9 Å². The predicted molar refractivity (Wildman–Crippen MR) is 93.1 cm³/mol. The lowest BCUT2D eigenvalue weighted by molar-refractivity contribution is -0.148. The summed E-state index contributed by atoms with van der Waals surface area (Å²) < 4.78 is 14.6. The summed E-state index contributed by atoms with van der Waals surface area (Å²) in [6.45, 7) is 0. The van der Waals surface area contributed by atoms with E-state index in [9.17, 15) is 18.8 Å². The van der Waals surface area contributed by atoms with E-state index in [0.29, 0.717) is 6.42 Å². The summed E-state index contributed by atoms with van der Waals surface area (Å²) in [7, 11) is 3.24. The molecule has 0 amide bonds. The largest absolute Gasteiger partial charge is 0.475 e. The van der Waals surface area contributed by atoms with Crippen molar-refractivity contribution in [1.82, 2.24) is 4.57 Å². The van der Waals surface area contributed by atoms with Crippen LogP contribution in [0.5, 0.6) is 0 Å². The molecule has 0 aliphatic heterocycles. The SMILES string of the molecule is C.CN.Cn1cc(C(=O)CC(=O)C(=O)O)cc1Cc1ccc(F)cc1. The van der Waals surface area contributed by atoms with E-state index >= 15 is 0 Å². The van der Waals surface area contributed by atoms with E-state index < -0.39 is 24.0 Å². The smallest absolute Gasteiger partial charge is 0.372 e. The molecule has 0 saturated heterocycles. The summed E-state index contributed by atoms with van der Waals surface area (Å²) in [4.78, 5) is 33.4. The predicted octanol–water partition coefficient (Wildman–Crippen LogP) is 2.19. The number of hydrogen-bond acceptors (Lipinski definition) is 4. The molecular weight excluding hydrogens is 327 g/mol. The van der Waals surface area contributed by atoms with E-state index in [2.05, 4.69) is 5.73 Å². The maximum Gasteiger partial charge on any atom is 0.372 e. The number of aliphatic carboxylic acids is 1. The molecule has 0 atom stereocenters. The molecule has 0 spiro atoms. The van der Waals surface area contributed by atoms with Crippen molar-refractivity contribution in [2.75, 3.05) is 7.05 Å². The third kappa shape index (κ3) is 6.31. The average Bonchev–Trinajstić information content (AvgIpc) is 2.92. The molecule has 0 aliphatic carbocycles. The molecule has 6 nitrogen and oxygen atoms in total. The van der Waals surface area contributed by atoms with Crippen molar-refractivity contribution in [3.8, 4) is 0 Å². The number of carboxylic acid groups (broad SMARTS) is 1. The molecule has 0 bridgehead atoms. The minimum atomic E-state index is -1.61. The van der Waals surface area contributed by atoms with E-state index in [1.54, 1.807) is 36.0 Å². The molecule has 25 heavy (non-hydrogen) atoms. The van der Waals surface area contributed by atoms with E-state index in [-0.39, 0.29) is 18.8 Å². The number of carboxylic acids is 1. The van der Waals surface area contributed by atoms with Gasteiger partial charge in [0.15, 0.2) is 5.78 Å². The van der Waals surface area contributed by atoms with Crippen LogP contribution in [0.2, 0.25) is 0 Å². The zero-order chi connectivity index (χ0) is 18.3. The van der Waals surface area contributed by atoms with Crippen LogP contribution in [0.1, 0.15) is 35.5 Å². The second-order valence-electron chi connectivity index (χ2n) is 4.96. The van der Waals surface area contributed by atoms with Gasteiger partial charge in [0.05, 0.1) is 6.42 Å². The maximum absolute atomic E-state index is 12.9. The van der Waals surface area contributed by atoms with E-state index in [0.717, 1.165) is 11.3 Å². The van der Waals surface area contributed by atoms with Gasteiger partial charge < -0.3 is 15.4 Å². The first-order valence-electron chi connectivity index (χ1n) is 7.13. The van der Waals surface area contributed by atoms with E-state index in [4.69, 9.17) is 5.11 Å². The van der Waals surface area contributed by atoms with Gasteiger partial charge in [-0.05, 0) is 30.8 Å². The number of Topliss-reactive ketones (excluding diaryl/α,β-unsaturated/α-hetero) is 2. The molecule has 136 valence electrons. The highest BCUT2D eigenvalue weighted by Gasteiger charge is 2.19. The number of halogens is 1. The Hall–Kier alpha value is -2.80. The van der Waals surface area contributed by atoms with Gasteiger partial charge in [-0.3, -0.25) is 9.59 Å². The summed E-state index contributed by atoms with van der Waals surface area (Å²) in [6, 6.07) is 7.63. The molecule has 3 N–H and O–H groups in total. The second-order valence-corrected chi connectivity index (χ2v) is 4.96. The molecule has 2 rings (SSSR count). The number of benzene rings is 1. The number of nitrogens with two attached hydrogens (primary N) is 1. The fourth-order valence-electron chi connectivity index (χ4n) is 2.07. The normalized spacial score (nSPS) is 9.44. The Balaban J connectivity index is 0.00000185. The molecule has 0 aliphatic rings. The van der Waals surface area contributed by atoms with Crippen LogP contribution in [0.25, 0.3) is 0 Å². The van der Waals surface area contributed by atoms with Crippen molar-refractivity contribution in [2.24, 2.45) is 12.8 Å². The molecule has 1 heterocycles. The highest BCUT2D eigenvalue weighted by molar-refractivity contribution is 6.37. The number of aromatic nitrogens is 1. The number of aryl methyl sites for hydroxylation is 1. The zero-order valence-electron chi connectivity index (χ0n) is 13.5. The molecule has 0 radical (unpaired) electrons. The van der Waals surface area contributed by atoms with Crippen LogP contribution in [0.4, 0.5) is 4.39 Å². The lowest BCUT2D eigenvalue weighted by Gasteiger charge is -2.03. The monoisotopic (exact) mass is 350 g/mol. The van der Waals surface area contributed by atoms with E-state index in [1.165, 1.54) is 19.2 Å². The number of ketones is 2. The van der Waals surface area contributed by atoms with Crippen LogP contribution in [0.3, 0.4) is 0 Å². The Morgan fingerprint density at radius 3 is 2.24 bits per heavy atom. The summed E-state index contributed by atoms with van der Waals surface area (Å²) >= 11 is 0. The van der Waals surface area contributed by atoms with Gasteiger partial charge in [-0.1, -0.05) is 19.6 Å². The molecule has 2 aromatic rings. The minimum Gasteiger partial charge on any atom is -0.475 e. The highest BCUT2D eigenvalue weighted by Crippen LogP contribution is 2.15. The number of rotatable bonds is 6. The summed E-state index contributed by atoms with van der Waals surface area (Å²) in [5.41, 5.74) is 6.47. The number of hydrogen-bond donors (Lipinski definition) is 2. The molecule has 0 fully saturated rings. The molecule has 7 heteroatoms. The van der Waals surface area contributed by atoms with Crippen LogP contribution in [0, 0.1) is 5.82 Å². The van der Waals surface area contributed by atoms with Gasteiger partial charge in [-0.2, -0.15) is 0 Å². The third-order valence-electron chi connectivity index (χ3n) is 3.29. The van der Waals surface area contributed by atoms with Gasteiger partial charge >= 0.3 is 5.97 Å². The van der Waals surface area contributed by atoms with Crippen molar-refractivity contribution >= 4 is 17.5 Å². The van der Waals surface area contributed by atoms with Crippen molar-refractivity contribution in [3.63, 3.8) is 0 Å². The molecule has 0 saturated carbocycles.